The van der Waals surface area contributed by atoms with Gasteiger partial charge in [0.1, 0.15) is 5.82 Å². The molecule has 0 saturated heterocycles. The van der Waals surface area contributed by atoms with Crippen LogP contribution < -0.4 is 0 Å². The summed E-state index contributed by atoms with van der Waals surface area (Å²) in [5, 5.41) is 0. The molecule has 0 N–H and O–H groups in total. The second-order valence-electron chi connectivity index (χ2n) is 3.27. The molecule has 0 spiro atoms. The Morgan fingerprint density at radius 3 is 2.73 bits per heavy atom. The number of halogens is 1. The lowest BCUT2D eigenvalue weighted by atomic mass is 10.1. The van der Waals surface area contributed by atoms with Crippen molar-refractivity contribution in [2.75, 3.05) is 0 Å². The van der Waals surface area contributed by atoms with Crippen molar-refractivity contribution in [1.29, 1.82) is 0 Å². The molecule has 0 amide bonds. The molecule has 0 radical (unpaired) electrons. The Hall–Kier alpha value is -1.90. The average molecular weight is 204 g/mol. The van der Waals surface area contributed by atoms with E-state index in [9.17, 15) is 9.18 Å². The molecule has 0 fully saturated rings. The minimum absolute atomic E-state index is 0.264. The topological polar surface area (TPSA) is 30.2 Å². The molecule has 0 aliphatic heterocycles. The molecule has 2 rings (SSSR count). The smallest absolute Gasteiger partial charge is 0.228 e. The first kappa shape index (κ1) is 9.65. The zero-order valence-electron chi connectivity index (χ0n) is 8.16. The Kier molecular flexibility index (Phi) is 2.37. The van der Waals surface area contributed by atoms with Crippen LogP contribution in [0.3, 0.4) is 0 Å². The molecule has 0 atom stereocenters. The quantitative estimate of drug-likeness (QED) is 0.704. The van der Waals surface area contributed by atoms with Gasteiger partial charge in [-0.3, -0.25) is 4.79 Å². The Balaban J connectivity index is 2.41. The highest BCUT2D eigenvalue weighted by Gasteiger charge is 2.15. The predicted molar refractivity (Wildman–Crippen MR) is 53.3 cm³/mol. The van der Waals surface area contributed by atoms with Gasteiger partial charge in [-0.25, -0.2) is 4.39 Å². The summed E-state index contributed by atoms with van der Waals surface area (Å²) in [6.45, 7) is 1.77. The monoisotopic (exact) mass is 204 g/mol. The molecule has 1 heterocycles. The highest BCUT2D eigenvalue weighted by molar-refractivity contribution is 6.07. The SMILES string of the molecule is Cc1ccoc1C(=O)c1cccc(F)c1. The van der Waals surface area contributed by atoms with E-state index in [0.717, 1.165) is 5.56 Å². The summed E-state index contributed by atoms with van der Waals surface area (Å²) in [6, 6.07) is 7.26. The van der Waals surface area contributed by atoms with E-state index in [0.29, 0.717) is 5.56 Å². The Morgan fingerprint density at radius 2 is 2.13 bits per heavy atom. The molecule has 0 bridgehead atoms. The fourth-order valence-corrected chi connectivity index (χ4v) is 1.37. The van der Waals surface area contributed by atoms with Crippen molar-refractivity contribution >= 4 is 5.78 Å². The molecule has 1 aromatic heterocycles. The lowest BCUT2D eigenvalue weighted by Gasteiger charge is -1.98. The lowest BCUT2D eigenvalue weighted by Crippen LogP contribution is -2.01. The van der Waals surface area contributed by atoms with Crippen molar-refractivity contribution in [3.63, 3.8) is 0 Å². The third-order valence-electron chi connectivity index (χ3n) is 2.16. The Bertz CT molecular complexity index is 500. The molecule has 15 heavy (non-hydrogen) atoms. The molecular weight excluding hydrogens is 195 g/mol. The number of hydrogen-bond donors (Lipinski definition) is 0. The molecule has 2 aromatic rings. The van der Waals surface area contributed by atoms with Gasteiger partial charge in [-0.1, -0.05) is 12.1 Å². The van der Waals surface area contributed by atoms with Crippen molar-refractivity contribution < 1.29 is 13.6 Å². The van der Waals surface area contributed by atoms with E-state index in [1.807, 2.05) is 0 Å². The van der Waals surface area contributed by atoms with E-state index in [1.165, 1.54) is 24.5 Å². The summed E-state index contributed by atoms with van der Waals surface area (Å²) in [5.74, 6) is -0.456. The van der Waals surface area contributed by atoms with Crippen molar-refractivity contribution in [3.05, 3.63) is 59.3 Å². The van der Waals surface area contributed by atoms with Crippen LogP contribution in [-0.2, 0) is 0 Å². The van der Waals surface area contributed by atoms with Gasteiger partial charge in [0.05, 0.1) is 6.26 Å². The Morgan fingerprint density at radius 1 is 1.33 bits per heavy atom. The zero-order chi connectivity index (χ0) is 10.8. The van der Waals surface area contributed by atoms with Gasteiger partial charge >= 0.3 is 0 Å². The molecule has 76 valence electrons. The van der Waals surface area contributed by atoms with Crippen LogP contribution in [0, 0.1) is 12.7 Å². The second kappa shape index (κ2) is 3.69. The summed E-state index contributed by atoms with van der Waals surface area (Å²) in [5.41, 5.74) is 1.05. The number of benzene rings is 1. The maximum atomic E-state index is 12.9. The Labute approximate surface area is 86.3 Å². The largest absolute Gasteiger partial charge is 0.461 e. The van der Waals surface area contributed by atoms with Crippen LogP contribution in [0.5, 0.6) is 0 Å². The fraction of sp³-hybridized carbons (Fsp3) is 0.0833. The zero-order valence-corrected chi connectivity index (χ0v) is 8.16. The highest BCUT2D eigenvalue weighted by Crippen LogP contribution is 2.15. The summed E-state index contributed by atoms with van der Waals surface area (Å²) in [4.78, 5) is 11.8. The number of carbonyl (C=O) groups is 1. The van der Waals surface area contributed by atoms with Crippen LogP contribution in [0.2, 0.25) is 0 Å². The first-order chi connectivity index (χ1) is 7.18. The van der Waals surface area contributed by atoms with E-state index >= 15 is 0 Å². The van der Waals surface area contributed by atoms with Crippen LogP contribution in [0.15, 0.2) is 41.0 Å². The van der Waals surface area contributed by atoms with E-state index in [1.54, 1.807) is 19.1 Å². The number of aryl methyl sites for hydroxylation is 1. The first-order valence-corrected chi connectivity index (χ1v) is 4.53. The number of carbonyl (C=O) groups excluding carboxylic acids is 1. The molecule has 0 unspecified atom stereocenters. The van der Waals surface area contributed by atoms with Crippen molar-refractivity contribution in [1.82, 2.24) is 0 Å². The molecule has 2 nitrogen and oxygen atoms in total. The summed E-state index contributed by atoms with van der Waals surface area (Å²) in [6.07, 6.45) is 1.45. The maximum absolute atomic E-state index is 12.9. The van der Waals surface area contributed by atoms with Gasteiger partial charge in [0, 0.05) is 5.56 Å². The van der Waals surface area contributed by atoms with E-state index in [4.69, 9.17) is 4.42 Å². The molecule has 3 heteroatoms. The standard InChI is InChI=1S/C12H9FO2/c1-8-5-6-15-12(8)11(14)9-3-2-4-10(13)7-9/h2-7H,1H3. The number of hydrogen-bond acceptors (Lipinski definition) is 2. The predicted octanol–water partition coefficient (Wildman–Crippen LogP) is 2.96. The average Bonchev–Trinajstić information content (AvgIpc) is 2.63. The number of ketones is 1. The van der Waals surface area contributed by atoms with Crippen LogP contribution >= 0.6 is 0 Å². The van der Waals surface area contributed by atoms with Gasteiger partial charge < -0.3 is 4.42 Å². The molecule has 0 saturated carbocycles. The van der Waals surface area contributed by atoms with E-state index < -0.39 is 5.82 Å². The fourth-order valence-electron chi connectivity index (χ4n) is 1.37. The number of rotatable bonds is 2. The van der Waals surface area contributed by atoms with Crippen LogP contribution in [0.1, 0.15) is 21.7 Å². The van der Waals surface area contributed by atoms with Gasteiger partial charge in [0.2, 0.25) is 5.78 Å². The maximum Gasteiger partial charge on any atom is 0.228 e. The van der Waals surface area contributed by atoms with Gasteiger partial charge in [0.25, 0.3) is 0 Å². The highest BCUT2D eigenvalue weighted by atomic mass is 19.1. The minimum atomic E-state index is -0.426. The van der Waals surface area contributed by atoms with Gasteiger partial charge in [0.15, 0.2) is 5.76 Å². The summed E-state index contributed by atoms with van der Waals surface area (Å²) >= 11 is 0. The molecule has 1 aromatic carbocycles. The van der Waals surface area contributed by atoms with Crippen LogP contribution in [0.25, 0.3) is 0 Å². The van der Waals surface area contributed by atoms with Crippen molar-refractivity contribution in [2.24, 2.45) is 0 Å². The summed E-state index contributed by atoms with van der Waals surface area (Å²) < 4.78 is 17.9. The molecule has 0 aliphatic rings. The third kappa shape index (κ3) is 1.81. The van der Waals surface area contributed by atoms with Gasteiger partial charge in [-0.2, -0.15) is 0 Å². The first-order valence-electron chi connectivity index (χ1n) is 4.53. The lowest BCUT2D eigenvalue weighted by molar-refractivity contribution is 0.101. The second-order valence-corrected chi connectivity index (χ2v) is 3.27. The normalized spacial score (nSPS) is 10.3. The number of furan rings is 1. The molecule has 0 aliphatic carbocycles. The van der Waals surface area contributed by atoms with E-state index in [-0.39, 0.29) is 11.5 Å². The summed E-state index contributed by atoms with van der Waals surface area (Å²) in [7, 11) is 0. The van der Waals surface area contributed by atoms with Gasteiger partial charge in [-0.05, 0) is 30.7 Å². The molecular formula is C12H9FO2. The van der Waals surface area contributed by atoms with Crippen molar-refractivity contribution in [3.8, 4) is 0 Å². The van der Waals surface area contributed by atoms with Crippen LogP contribution in [0.4, 0.5) is 4.39 Å². The van der Waals surface area contributed by atoms with Crippen molar-refractivity contribution in [2.45, 2.75) is 6.92 Å². The van der Waals surface area contributed by atoms with Gasteiger partial charge in [-0.15, -0.1) is 0 Å². The van der Waals surface area contributed by atoms with E-state index in [2.05, 4.69) is 0 Å². The third-order valence-corrected chi connectivity index (χ3v) is 2.16. The minimum Gasteiger partial charge on any atom is -0.461 e. The van der Waals surface area contributed by atoms with Crippen LogP contribution in [-0.4, -0.2) is 5.78 Å².